The van der Waals surface area contributed by atoms with E-state index >= 15 is 0 Å². The lowest BCUT2D eigenvalue weighted by Gasteiger charge is -2.14. The molecule has 0 aliphatic carbocycles. The number of hydrogen-bond acceptors (Lipinski definition) is 5. The fraction of sp³-hybridized carbons (Fsp3) is 0.125. The number of hydrogen-bond donors (Lipinski definition) is 1. The number of para-hydroxylation sites is 1. The summed E-state index contributed by atoms with van der Waals surface area (Å²) >= 11 is 0. The number of ether oxygens (including phenoxy) is 1. The fourth-order valence-corrected chi connectivity index (χ4v) is 1.91. The van der Waals surface area contributed by atoms with Crippen molar-refractivity contribution < 1.29 is 28.0 Å². The van der Waals surface area contributed by atoms with Crippen LogP contribution in [0, 0.1) is 21.7 Å². The molecule has 0 aromatic heterocycles. The third-order valence-corrected chi connectivity index (χ3v) is 3.16. The quantitative estimate of drug-likeness (QED) is 0.508. The van der Waals surface area contributed by atoms with Gasteiger partial charge in [0.05, 0.1) is 10.6 Å². The molecule has 0 aliphatic rings. The normalized spacial score (nSPS) is 11.5. The Morgan fingerprint density at radius 2 is 1.88 bits per heavy atom. The van der Waals surface area contributed by atoms with Crippen LogP contribution in [-0.2, 0) is 9.53 Å². The van der Waals surface area contributed by atoms with Crippen molar-refractivity contribution >= 4 is 23.3 Å². The molecule has 0 radical (unpaired) electrons. The molecule has 0 aliphatic heterocycles. The van der Waals surface area contributed by atoms with Gasteiger partial charge >= 0.3 is 5.97 Å². The molecular formula is C16H12F2N2O5. The molecule has 7 nitrogen and oxygen atoms in total. The number of rotatable bonds is 5. The average Bonchev–Trinajstić information content (AvgIpc) is 2.57. The van der Waals surface area contributed by atoms with Crippen LogP contribution in [0.15, 0.2) is 42.5 Å². The highest BCUT2D eigenvalue weighted by Crippen LogP contribution is 2.20. The largest absolute Gasteiger partial charge is 0.449 e. The van der Waals surface area contributed by atoms with E-state index in [1.807, 2.05) is 0 Å². The van der Waals surface area contributed by atoms with E-state index in [0.29, 0.717) is 0 Å². The number of esters is 1. The van der Waals surface area contributed by atoms with Crippen LogP contribution in [0.25, 0.3) is 0 Å². The Balaban J connectivity index is 2.10. The monoisotopic (exact) mass is 350 g/mol. The van der Waals surface area contributed by atoms with Gasteiger partial charge in [-0.2, -0.15) is 0 Å². The molecule has 9 heteroatoms. The van der Waals surface area contributed by atoms with Crippen LogP contribution in [0.4, 0.5) is 20.2 Å². The van der Waals surface area contributed by atoms with Gasteiger partial charge in [0.25, 0.3) is 11.6 Å². The highest BCUT2D eigenvalue weighted by Gasteiger charge is 2.25. The number of nitrogens with one attached hydrogen (secondary N) is 1. The number of carbonyl (C=O) groups excluding carboxylic acids is 2. The third-order valence-electron chi connectivity index (χ3n) is 3.16. The maximum Gasteiger partial charge on any atom is 0.345 e. The van der Waals surface area contributed by atoms with E-state index in [9.17, 15) is 28.5 Å². The van der Waals surface area contributed by atoms with E-state index in [1.165, 1.54) is 25.1 Å². The summed E-state index contributed by atoms with van der Waals surface area (Å²) in [6.07, 6.45) is -1.39. The molecule has 2 rings (SSSR count). The number of nitrogens with zero attached hydrogens (tertiary/aromatic N) is 1. The summed E-state index contributed by atoms with van der Waals surface area (Å²) in [7, 11) is 0. The smallest absolute Gasteiger partial charge is 0.345 e. The Morgan fingerprint density at radius 1 is 1.20 bits per heavy atom. The minimum absolute atomic E-state index is 0.330. The number of nitro groups is 1. The van der Waals surface area contributed by atoms with Gasteiger partial charge in [-0.3, -0.25) is 14.9 Å². The number of benzene rings is 2. The van der Waals surface area contributed by atoms with Gasteiger partial charge in [-0.1, -0.05) is 12.1 Å². The summed E-state index contributed by atoms with van der Waals surface area (Å²) < 4.78 is 31.4. The SMILES string of the molecule is CC(OC(=O)c1ccccc1[N+](=O)[O-])C(=O)Nc1cc(F)ccc1F. The van der Waals surface area contributed by atoms with Crippen molar-refractivity contribution in [2.75, 3.05) is 5.32 Å². The standard InChI is InChI=1S/C16H12F2N2O5/c1-9(15(21)19-13-8-10(17)6-7-12(13)18)25-16(22)11-4-2-3-5-14(11)20(23)24/h2-9H,1H3,(H,19,21). The van der Waals surface area contributed by atoms with Gasteiger partial charge in [0.1, 0.15) is 17.2 Å². The molecule has 0 bridgehead atoms. The lowest BCUT2D eigenvalue weighted by atomic mass is 10.2. The molecule has 1 atom stereocenters. The second-order valence-corrected chi connectivity index (χ2v) is 4.94. The molecule has 130 valence electrons. The number of amides is 1. The van der Waals surface area contributed by atoms with E-state index in [-0.39, 0.29) is 5.56 Å². The third kappa shape index (κ3) is 4.34. The van der Waals surface area contributed by atoms with Crippen LogP contribution in [-0.4, -0.2) is 22.9 Å². The van der Waals surface area contributed by atoms with E-state index in [2.05, 4.69) is 5.32 Å². The van der Waals surface area contributed by atoms with Crippen LogP contribution in [0.3, 0.4) is 0 Å². The maximum absolute atomic E-state index is 13.5. The molecule has 1 N–H and O–H groups in total. The molecule has 0 spiro atoms. The molecule has 0 saturated carbocycles. The molecule has 25 heavy (non-hydrogen) atoms. The van der Waals surface area contributed by atoms with Crippen molar-refractivity contribution in [3.63, 3.8) is 0 Å². The summed E-state index contributed by atoms with van der Waals surface area (Å²) in [5, 5.41) is 13.0. The highest BCUT2D eigenvalue weighted by molar-refractivity contribution is 5.98. The summed E-state index contributed by atoms with van der Waals surface area (Å²) in [6, 6.07) is 7.54. The predicted molar refractivity (Wildman–Crippen MR) is 83.0 cm³/mol. The zero-order valence-electron chi connectivity index (χ0n) is 12.9. The van der Waals surface area contributed by atoms with Crippen molar-refractivity contribution in [2.24, 2.45) is 0 Å². The summed E-state index contributed by atoms with van der Waals surface area (Å²) in [6.45, 7) is 1.19. The van der Waals surface area contributed by atoms with Crippen molar-refractivity contribution in [3.05, 3.63) is 69.8 Å². The first kappa shape index (κ1) is 18.0. The van der Waals surface area contributed by atoms with Crippen molar-refractivity contribution in [3.8, 4) is 0 Å². The van der Waals surface area contributed by atoms with E-state index < -0.39 is 45.9 Å². The zero-order chi connectivity index (χ0) is 18.6. The molecule has 1 unspecified atom stereocenters. The van der Waals surface area contributed by atoms with Gasteiger partial charge in [-0.25, -0.2) is 13.6 Å². The zero-order valence-corrected chi connectivity index (χ0v) is 12.9. The molecule has 2 aromatic carbocycles. The van der Waals surface area contributed by atoms with Gasteiger partial charge in [0, 0.05) is 12.1 Å². The first-order chi connectivity index (χ1) is 11.8. The summed E-state index contributed by atoms with van der Waals surface area (Å²) in [5.41, 5.74) is -1.22. The predicted octanol–water partition coefficient (Wildman–Crippen LogP) is 3.06. The first-order valence-electron chi connectivity index (χ1n) is 7.00. The van der Waals surface area contributed by atoms with Gasteiger partial charge < -0.3 is 10.1 Å². The van der Waals surface area contributed by atoms with Gasteiger partial charge in [0.15, 0.2) is 6.10 Å². The van der Waals surface area contributed by atoms with Gasteiger partial charge in [-0.15, -0.1) is 0 Å². The Bertz CT molecular complexity index is 841. The average molecular weight is 350 g/mol. The Hall–Kier alpha value is -3.36. The Labute approximate surface area is 140 Å². The molecular weight excluding hydrogens is 338 g/mol. The molecule has 0 fully saturated rings. The lowest BCUT2D eigenvalue weighted by molar-refractivity contribution is -0.385. The lowest BCUT2D eigenvalue weighted by Crippen LogP contribution is -2.30. The molecule has 0 saturated heterocycles. The minimum atomic E-state index is -1.39. The Kier molecular flexibility index (Phi) is 5.38. The number of carbonyl (C=O) groups is 2. The van der Waals surface area contributed by atoms with Gasteiger partial charge in [-0.05, 0) is 25.1 Å². The van der Waals surface area contributed by atoms with Crippen LogP contribution >= 0.6 is 0 Å². The summed E-state index contributed by atoms with van der Waals surface area (Å²) in [5.74, 6) is -3.64. The number of nitro benzene ring substituents is 1. The van der Waals surface area contributed by atoms with Crippen LogP contribution in [0.5, 0.6) is 0 Å². The summed E-state index contributed by atoms with van der Waals surface area (Å²) in [4.78, 5) is 34.1. The Morgan fingerprint density at radius 3 is 2.56 bits per heavy atom. The van der Waals surface area contributed by atoms with Crippen molar-refractivity contribution in [2.45, 2.75) is 13.0 Å². The van der Waals surface area contributed by atoms with E-state index in [0.717, 1.165) is 24.3 Å². The highest BCUT2D eigenvalue weighted by atomic mass is 19.1. The van der Waals surface area contributed by atoms with Crippen LogP contribution < -0.4 is 5.32 Å². The first-order valence-corrected chi connectivity index (χ1v) is 7.00. The number of anilines is 1. The maximum atomic E-state index is 13.5. The fourth-order valence-electron chi connectivity index (χ4n) is 1.91. The number of halogens is 2. The van der Waals surface area contributed by atoms with Crippen LogP contribution in [0.2, 0.25) is 0 Å². The van der Waals surface area contributed by atoms with E-state index in [4.69, 9.17) is 4.74 Å². The topological polar surface area (TPSA) is 98.5 Å². The molecule has 2 aromatic rings. The molecule has 0 heterocycles. The van der Waals surface area contributed by atoms with Crippen molar-refractivity contribution in [1.29, 1.82) is 0 Å². The van der Waals surface area contributed by atoms with Crippen LogP contribution in [0.1, 0.15) is 17.3 Å². The second-order valence-electron chi connectivity index (χ2n) is 4.94. The van der Waals surface area contributed by atoms with E-state index in [1.54, 1.807) is 0 Å². The minimum Gasteiger partial charge on any atom is -0.449 e. The van der Waals surface area contributed by atoms with Gasteiger partial charge in [0.2, 0.25) is 0 Å². The van der Waals surface area contributed by atoms with Crippen molar-refractivity contribution in [1.82, 2.24) is 0 Å². The second kappa shape index (κ2) is 7.47. The molecule has 1 amide bonds.